The lowest BCUT2D eigenvalue weighted by Crippen LogP contribution is -2.03. The molecule has 0 aliphatic rings. The summed E-state index contributed by atoms with van der Waals surface area (Å²) in [7, 11) is 0. The maximum atomic E-state index is 13.5. The third kappa shape index (κ3) is 2.27. The van der Waals surface area contributed by atoms with E-state index in [9.17, 15) is 4.39 Å². The Hall–Kier alpha value is -1.59. The monoisotopic (exact) mass is 313 g/mol. The molecular weight excluding hydrogens is 304 g/mol. The van der Waals surface area contributed by atoms with Gasteiger partial charge in [0.1, 0.15) is 11.6 Å². The molecule has 4 nitrogen and oxygen atoms in total. The van der Waals surface area contributed by atoms with Gasteiger partial charge in [0.2, 0.25) is 0 Å². The number of alkyl halides is 1. The van der Waals surface area contributed by atoms with Crippen molar-refractivity contribution in [3.63, 3.8) is 0 Å². The van der Waals surface area contributed by atoms with Gasteiger partial charge in [-0.1, -0.05) is 16.8 Å². The number of benzene rings is 1. The normalized spacial score (nSPS) is 11.4. The summed E-state index contributed by atoms with van der Waals surface area (Å²) in [6.45, 7) is 2.26. The highest BCUT2D eigenvalue weighted by molar-refractivity contribution is 6.31. The number of halogens is 3. The molecule has 20 heavy (non-hydrogen) atoms. The van der Waals surface area contributed by atoms with Crippen LogP contribution in [0.5, 0.6) is 0 Å². The number of hydrogen-bond acceptors (Lipinski definition) is 3. The number of aryl methyl sites for hydroxylation is 1. The molecule has 1 aromatic carbocycles. The third-order valence-electron chi connectivity index (χ3n) is 2.98. The van der Waals surface area contributed by atoms with Crippen LogP contribution in [0.3, 0.4) is 0 Å². The van der Waals surface area contributed by atoms with Gasteiger partial charge in [-0.3, -0.25) is 0 Å². The molecule has 3 aromatic rings. The van der Waals surface area contributed by atoms with Gasteiger partial charge in [-0.15, -0.1) is 11.6 Å². The Labute approximate surface area is 124 Å². The molecular formula is C13H10Cl2FN3O. The molecule has 7 heteroatoms. The van der Waals surface area contributed by atoms with E-state index in [1.165, 1.54) is 6.07 Å². The first-order valence-electron chi connectivity index (χ1n) is 5.91. The van der Waals surface area contributed by atoms with Gasteiger partial charge in [0, 0.05) is 12.1 Å². The molecule has 104 valence electrons. The van der Waals surface area contributed by atoms with Gasteiger partial charge in [0.05, 0.1) is 34.2 Å². The first-order chi connectivity index (χ1) is 9.58. The number of hydrogen-bond donors (Lipinski definition) is 0. The zero-order chi connectivity index (χ0) is 14.3. The van der Waals surface area contributed by atoms with Crippen LogP contribution in [-0.2, 0) is 12.4 Å². The van der Waals surface area contributed by atoms with E-state index in [-0.39, 0.29) is 10.9 Å². The van der Waals surface area contributed by atoms with E-state index in [1.54, 1.807) is 6.07 Å². The minimum atomic E-state index is -0.500. The highest BCUT2D eigenvalue weighted by Gasteiger charge is 2.14. The Balaban J connectivity index is 2.14. The predicted octanol–water partition coefficient (Wildman–Crippen LogP) is 3.91. The molecule has 3 rings (SSSR count). The third-order valence-corrected chi connectivity index (χ3v) is 3.51. The first-order valence-corrected chi connectivity index (χ1v) is 6.82. The fourth-order valence-electron chi connectivity index (χ4n) is 2.10. The number of imidazole rings is 1. The van der Waals surface area contributed by atoms with Crippen LogP contribution < -0.4 is 0 Å². The molecule has 0 radical (unpaired) electrons. The summed E-state index contributed by atoms with van der Waals surface area (Å²) in [4.78, 5) is 4.31. The van der Waals surface area contributed by atoms with Crippen molar-refractivity contribution in [2.45, 2.75) is 19.3 Å². The second kappa shape index (κ2) is 5.07. The zero-order valence-electron chi connectivity index (χ0n) is 10.5. The lowest BCUT2D eigenvalue weighted by Gasteiger charge is -2.05. The summed E-state index contributed by atoms with van der Waals surface area (Å²) >= 11 is 11.7. The Bertz CT molecular complexity index is 781. The van der Waals surface area contributed by atoms with Gasteiger partial charge in [-0.2, -0.15) is 0 Å². The van der Waals surface area contributed by atoms with Crippen LogP contribution >= 0.6 is 23.2 Å². The van der Waals surface area contributed by atoms with E-state index in [0.717, 1.165) is 5.69 Å². The number of fused-ring (bicyclic) bond motifs is 1. The molecule has 0 aliphatic carbocycles. The molecule has 2 aromatic heterocycles. The van der Waals surface area contributed by atoms with Crippen molar-refractivity contribution < 1.29 is 8.91 Å². The first kappa shape index (κ1) is 13.4. The van der Waals surface area contributed by atoms with Gasteiger partial charge in [-0.05, 0) is 13.0 Å². The molecule has 0 spiro atoms. The van der Waals surface area contributed by atoms with Crippen molar-refractivity contribution in [1.82, 2.24) is 14.7 Å². The Morgan fingerprint density at radius 1 is 1.35 bits per heavy atom. The molecule has 0 bridgehead atoms. The molecule has 0 aliphatic heterocycles. The average molecular weight is 314 g/mol. The lowest BCUT2D eigenvalue weighted by atomic mass is 10.3. The highest BCUT2D eigenvalue weighted by Crippen LogP contribution is 2.25. The SMILES string of the molecule is Cc1cc(Cn2c(CCl)nc3cc(F)c(Cl)cc32)on1. The second-order valence-electron chi connectivity index (χ2n) is 4.44. The van der Waals surface area contributed by atoms with Gasteiger partial charge in [0.25, 0.3) is 0 Å². The predicted molar refractivity (Wildman–Crippen MR) is 74.6 cm³/mol. The summed E-state index contributed by atoms with van der Waals surface area (Å²) in [5, 5.41) is 3.89. The zero-order valence-corrected chi connectivity index (χ0v) is 12.0. The maximum absolute atomic E-state index is 13.5. The average Bonchev–Trinajstić information content (AvgIpc) is 2.96. The van der Waals surface area contributed by atoms with Crippen molar-refractivity contribution in [3.05, 3.63) is 46.3 Å². The van der Waals surface area contributed by atoms with Crippen LogP contribution in [-0.4, -0.2) is 14.7 Å². The maximum Gasteiger partial charge on any atom is 0.156 e. The van der Waals surface area contributed by atoms with Crippen LogP contribution in [0.4, 0.5) is 4.39 Å². The lowest BCUT2D eigenvalue weighted by molar-refractivity contribution is 0.373. The van der Waals surface area contributed by atoms with Crippen LogP contribution in [0.15, 0.2) is 22.7 Å². The standard InChI is InChI=1S/C13H10Cl2FN3O/c1-7-2-8(20-18-7)6-19-12-3-9(15)10(16)4-11(12)17-13(19)5-14/h2-4H,5-6H2,1H3. The summed E-state index contributed by atoms with van der Waals surface area (Å²) in [6, 6.07) is 4.67. The van der Waals surface area contributed by atoms with Gasteiger partial charge < -0.3 is 9.09 Å². The van der Waals surface area contributed by atoms with Crippen LogP contribution in [0, 0.1) is 12.7 Å². The van der Waals surface area contributed by atoms with Crippen molar-refractivity contribution in [2.24, 2.45) is 0 Å². The van der Waals surface area contributed by atoms with Crippen molar-refractivity contribution in [3.8, 4) is 0 Å². The minimum absolute atomic E-state index is 0.0496. The van der Waals surface area contributed by atoms with Gasteiger partial charge in [0.15, 0.2) is 5.76 Å². The highest BCUT2D eigenvalue weighted by atomic mass is 35.5. The fourth-order valence-corrected chi connectivity index (χ4v) is 2.46. The van der Waals surface area contributed by atoms with Gasteiger partial charge >= 0.3 is 0 Å². The molecule has 0 atom stereocenters. The second-order valence-corrected chi connectivity index (χ2v) is 5.11. The summed E-state index contributed by atoms with van der Waals surface area (Å²) in [5.41, 5.74) is 2.01. The van der Waals surface area contributed by atoms with Crippen molar-refractivity contribution in [1.29, 1.82) is 0 Å². The quantitative estimate of drug-likeness (QED) is 0.688. The Morgan fingerprint density at radius 2 is 2.15 bits per heavy atom. The van der Waals surface area contributed by atoms with Gasteiger partial charge in [-0.25, -0.2) is 9.37 Å². The van der Waals surface area contributed by atoms with Crippen LogP contribution in [0.2, 0.25) is 5.02 Å². The summed E-state index contributed by atoms with van der Waals surface area (Å²) in [5.74, 6) is 1.01. The van der Waals surface area contributed by atoms with E-state index in [4.69, 9.17) is 27.7 Å². The summed E-state index contributed by atoms with van der Waals surface area (Å²) < 4.78 is 20.5. The molecule has 0 fully saturated rings. The molecule has 0 saturated carbocycles. The van der Waals surface area contributed by atoms with E-state index in [1.807, 2.05) is 17.6 Å². The summed E-state index contributed by atoms with van der Waals surface area (Å²) in [6.07, 6.45) is 0. The van der Waals surface area contributed by atoms with E-state index in [0.29, 0.717) is 29.2 Å². The van der Waals surface area contributed by atoms with Crippen molar-refractivity contribution >= 4 is 34.2 Å². The topological polar surface area (TPSA) is 43.9 Å². The number of rotatable bonds is 3. The minimum Gasteiger partial charge on any atom is -0.359 e. The van der Waals surface area contributed by atoms with Crippen LogP contribution in [0.1, 0.15) is 17.3 Å². The van der Waals surface area contributed by atoms with E-state index < -0.39 is 5.82 Å². The molecule has 0 amide bonds. The largest absolute Gasteiger partial charge is 0.359 e. The molecule has 0 saturated heterocycles. The van der Waals surface area contributed by atoms with Crippen molar-refractivity contribution in [2.75, 3.05) is 0 Å². The number of aromatic nitrogens is 3. The van der Waals surface area contributed by atoms with Crippen LogP contribution in [0.25, 0.3) is 11.0 Å². The number of nitrogens with zero attached hydrogens (tertiary/aromatic N) is 3. The molecule has 0 unspecified atom stereocenters. The Kier molecular flexibility index (Phi) is 3.40. The Morgan fingerprint density at radius 3 is 2.80 bits per heavy atom. The molecule has 0 N–H and O–H groups in total. The molecule has 2 heterocycles. The van der Waals surface area contributed by atoms with E-state index >= 15 is 0 Å². The fraction of sp³-hybridized carbons (Fsp3) is 0.231. The van der Waals surface area contributed by atoms with E-state index in [2.05, 4.69) is 10.1 Å². The smallest absolute Gasteiger partial charge is 0.156 e.